The van der Waals surface area contributed by atoms with Crippen molar-refractivity contribution in [2.24, 2.45) is 0 Å². The second kappa shape index (κ2) is 7.32. The lowest BCUT2D eigenvalue weighted by Gasteiger charge is -2.07. The lowest BCUT2D eigenvalue weighted by molar-refractivity contribution is 0.241. The van der Waals surface area contributed by atoms with E-state index >= 15 is 0 Å². The van der Waals surface area contributed by atoms with Crippen molar-refractivity contribution in [2.45, 2.75) is 45.4 Å². The monoisotopic (exact) mass is 210 g/mol. The summed E-state index contributed by atoms with van der Waals surface area (Å²) in [5.41, 5.74) is 1.50. The maximum absolute atomic E-state index is 11.2. The predicted molar refractivity (Wildman–Crippen MR) is 62.9 cm³/mol. The van der Waals surface area contributed by atoms with Gasteiger partial charge in [-0.2, -0.15) is 0 Å². The van der Waals surface area contributed by atoms with E-state index in [1.807, 2.05) is 0 Å². The number of hydrogen-bond acceptors (Lipinski definition) is 1. The zero-order chi connectivity index (χ0) is 10.9. The smallest absolute Gasteiger partial charge is 0.314 e. The summed E-state index contributed by atoms with van der Waals surface area (Å²) in [5, 5.41) is 5.72. The summed E-state index contributed by atoms with van der Waals surface area (Å²) < 4.78 is 0. The van der Waals surface area contributed by atoms with Crippen molar-refractivity contribution in [1.29, 1.82) is 0 Å². The van der Waals surface area contributed by atoms with E-state index in [0.717, 1.165) is 32.4 Å². The number of allylic oxidation sites excluding steroid dienone is 1. The highest BCUT2D eigenvalue weighted by Gasteiger charge is 2.04. The van der Waals surface area contributed by atoms with E-state index in [9.17, 15) is 4.79 Å². The summed E-state index contributed by atoms with van der Waals surface area (Å²) in [6.07, 6.45) is 9.22. The number of nitrogens with one attached hydrogen (secondary N) is 2. The molecule has 0 bridgehead atoms. The number of amides is 2. The first-order valence-corrected chi connectivity index (χ1v) is 6.02. The van der Waals surface area contributed by atoms with Gasteiger partial charge in [-0.25, -0.2) is 4.79 Å². The maximum Gasteiger partial charge on any atom is 0.314 e. The fraction of sp³-hybridized carbons (Fsp3) is 0.750. The van der Waals surface area contributed by atoms with Crippen LogP contribution in [-0.4, -0.2) is 19.1 Å². The Hall–Kier alpha value is -0.990. The Balaban J connectivity index is 1.96. The molecule has 0 fully saturated rings. The Morgan fingerprint density at radius 2 is 2.20 bits per heavy atom. The summed E-state index contributed by atoms with van der Waals surface area (Å²) in [4.78, 5) is 11.2. The molecule has 2 N–H and O–H groups in total. The van der Waals surface area contributed by atoms with Crippen molar-refractivity contribution in [3.63, 3.8) is 0 Å². The van der Waals surface area contributed by atoms with Gasteiger partial charge in [0.15, 0.2) is 0 Å². The zero-order valence-electron chi connectivity index (χ0n) is 9.64. The van der Waals surface area contributed by atoms with Crippen LogP contribution in [0.3, 0.4) is 0 Å². The quantitative estimate of drug-likeness (QED) is 0.513. The van der Waals surface area contributed by atoms with Crippen LogP contribution < -0.4 is 10.6 Å². The third-order valence-corrected chi connectivity index (χ3v) is 2.68. The van der Waals surface area contributed by atoms with Gasteiger partial charge >= 0.3 is 6.03 Å². The summed E-state index contributed by atoms with van der Waals surface area (Å²) in [6.45, 7) is 3.67. The van der Waals surface area contributed by atoms with Crippen molar-refractivity contribution in [1.82, 2.24) is 10.6 Å². The van der Waals surface area contributed by atoms with Crippen molar-refractivity contribution in [3.8, 4) is 0 Å². The Bertz CT molecular complexity index is 224. The van der Waals surface area contributed by atoms with Crippen LogP contribution in [0.2, 0.25) is 0 Å². The third kappa shape index (κ3) is 5.45. The molecule has 0 aromatic heterocycles. The number of unbranched alkanes of at least 4 members (excludes halogenated alkanes) is 1. The highest BCUT2D eigenvalue weighted by molar-refractivity contribution is 5.73. The molecule has 0 spiro atoms. The molecule has 0 saturated heterocycles. The Labute approximate surface area is 92.3 Å². The van der Waals surface area contributed by atoms with Crippen LogP contribution >= 0.6 is 0 Å². The molecule has 1 rings (SSSR count). The minimum absolute atomic E-state index is 0.0259. The molecule has 2 amide bonds. The molecule has 15 heavy (non-hydrogen) atoms. The highest BCUT2D eigenvalue weighted by Crippen LogP contribution is 2.19. The maximum atomic E-state index is 11.2. The lowest BCUT2D eigenvalue weighted by atomic mass is 10.2. The van der Waals surface area contributed by atoms with Crippen molar-refractivity contribution in [3.05, 3.63) is 11.6 Å². The second-order valence-electron chi connectivity index (χ2n) is 4.04. The number of carbonyl (C=O) groups excluding carboxylic acids is 1. The summed E-state index contributed by atoms with van der Waals surface area (Å²) in [5.74, 6) is 0. The molecule has 0 aromatic carbocycles. The molecule has 86 valence electrons. The average Bonchev–Trinajstić information content (AvgIpc) is 2.71. The summed E-state index contributed by atoms with van der Waals surface area (Å²) in [7, 11) is 0. The van der Waals surface area contributed by atoms with Crippen LogP contribution in [0.25, 0.3) is 0 Å². The Kier molecular flexibility index (Phi) is 5.90. The first kappa shape index (κ1) is 12.1. The van der Waals surface area contributed by atoms with Gasteiger partial charge in [0, 0.05) is 13.1 Å². The molecule has 0 unspecified atom stereocenters. The molecule has 0 heterocycles. The van der Waals surface area contributed by atoms with E-state index < -0.39 is 0 Å². The van der Waals surface area contributed by atoms with E-state index in [4.69, 9.17) is 0 Å². The summed E-state index contributed by atoms with van der Waals surface area (Å²) >= 11 is 0. The highest BCUT2D eigenvalue weighted by atomic mass is 16.2. The third-order valence-electron chi connectivity index (χ3n) is 2.68. The van der Waals surface area contributed by atoms with Crippen LogP contribution in [0.15, 0.2) is 11.6 Å². The van der Waals surface area contributed by atoms with Gasteiger partial charge in [-0.1, -0.05) is 25.0 Å². The molecule has 1 aliphatic rings. The first-order valence-electron chi connectivity index (χ1n) is 6.02. The average molecular weight is 210 g/mol. The Morgan fingerprint density at radius 3 is 2.87 bits per heavy atom. The van der Waals surface area contributed by atoms with E-state index in [1.54, 1.807) is 0 Å². The molecular formula is C12H22N2O. The number of hydrogen-bond donors (Lipinski definition) is 2. The van der Waals surface area contributed by atoms with Gasteiger partial charge in [-0.3, -0.25) is 0 Å². The van der Waals surface area contributed by atoms with Crippen LogP contribution in [0.1, 0.15) is 45.4 Å². The number of urea groups is 1. The second-order valence-corrected chi connectivity index (χ2v) is 4.04. The van der Waals surface area contributed by atoms with Crippen LogP contribution in [0.5, 0.6) is 0 Å². The number of carbonyl (C=O) groups is 1. The SMILES string of the molecule is CCCCNC(=O)NCCC1=CCCC1. The molecule has 0 aliphatic heterocycles. The van der Waals surface area contributed by atoms with Gasteiger partial charge in [0.05, 0.1) is 0 Å². The van der Waals surface area contributed by atoms with Crippen LogP contribution in [0, 0.1) is 0 Å². The van der Waals surface area contributed by atoms with Gasteiger partial charge in [-0.05, 0) is 32.1 Å². The van der Waals surface area contributed by atoms with Crippen molar-refractivity contribution < 1.29 is 4.79 Å². The van der Waals surface area contributed by atoms with Crippen LogP contribution in [-0.2, 0) is 0 Å². The minimum Gasteiger partial charge on any atom is -0.338 e. The Morgan fingerprint density at radius 1 is 1.40 bits per heavy atom. The van der Waals surface area contributed by atoms with E-state index in [1.165, 1.54) is 24.8 Å². The molecule has 0 saturated carbocycles. The first-order chi connectivity index (χ1) is 7.33. The molecule has 3 nitrogen and oxygen atoms in total. The number of rotatable bonds is 6. The topological polar surface area (TPSA) is 41.1 Å². The lowest BCUT2D eigenvalue weighted by Crippen LogP contribution is -2.36. The van der Waals surface area contributed by atoms with Gasteiger partial charge in [0.2, 0.25) is 0 Å². The van der Waals surface area contributed by atoms with E-state index in [0.29, 0.717) is 0 Å². The normalized spacial score (nSPS) is 14.9. The molecule has 0 aromatic rings. The minimum atomic E-state index is -0.0259. The van der Waals surface area contributed by atoms with Crippen molar-refractivity contribution >= 4 is 6.03 Å². The molecule has 0 atom stereocenters. The van der Waals surface area contributed by atoms with Crippen LogP contribution in [0.4, 0.5) is 4.79 Å². The summed E-state index contributed by atoms with van der Waals surface area (Å²) in [6, 6.07) is -0.0259. The largest absolute Gasteiger partial charge is 0.338 e. The fourth-order valence-corrected chi connectivity index (χ4v) is 1.74. The van der Waals surface area contributed by atoms with Gasteiger partial charge in [0.25, 0.3) is 0 Å². The van der Waals surface area contributed by atoms with E-state index in [2.05, 4.69) is 23.6 Å². The fourth-order valence-electron chi connectivity index (χ4n) is 1.74. The molecular weight excluding hydrogens is 188 g/mol. The van der Waals surface area contributed by atoms with Gasteiger partial charge < -0.3 is 10.6 Å². The zero-order valence-corrected chi connectivity index (χ0v) is 9.64. The molecule has 0 radical (unpaired) electrons. The molecule has 3 heteroatoms. The van der Waals surface area contributed by atoms with Gasteiger partial charge in [0.1, 0.15) is 0 Å². The molecule has 1 aliphatic carbocycles. The van der Waals surface area contributed by atoms with E-state index in [-0.39, 0.29) is 6.03 Å². The standard InChI is InChI=1S/C12H22N2O/c1-2-3-9-13-12(15)14-10-8-11-6-4-5-7-11/h6H,2-5,7-10H2,1H3,(H2,13,14,15). The van der Waals surface area contributed by atoms with Gasteiger partial charge in [-0.15, -0.1) is 0 Å². The van der Waals surface area contributed by atoms with Crippen molar-refractivity contribution in [2.75, 3.05) is 13.1 Å². The predicted octanol–water partition coefficient (Wildman–Crippen LogP) is 2.59.